The van der Waals surface area contributed by atoms with Crippen LogP contribution in [0.1, 0.15) is 36.8 Å². The van der Waals surface area contributed by atoms with Crippen molar-refractivity contribution in [3.05, 3.63) is 35.4 Å². The van der Waals surface area contributed by atoms with Crippen LogP contribution in [0.25, 0.3) is 0 Å². The van der Waals surface area contributed by atoms with E-state index in [1.807, 2.05) is 36.2 Å². The molecule has 1 aliphatic carbocycles. The topological polar surface area (TPSA) is 47.3 Å². The van der Waals surface area contributed by atoms with E-state index in [0.717, 1.165) is 45.3 Å². The smallest absolute Gasteiger partial charge is 0.225 e. The van der Waals surface area contributed by atoms with Crippen LogP contribution in [-0.4, -0.2) is 41.9 Å². The Kier molecular flexibility index (Phi) is 4.44. The molecule has 1 amide bonds. The number of piperidine rings is 1. The van der Waals surface area contributed by atoms with Crippen LogP contribution < -0.4 is 0 Å². The normalized spacial score (nSPS) is 22.1. The van der Waals surface area contributed by atoms with E-state index in [1.54, 1.807) is 0 Å². The zero-order valence-electron chi connectivity index (χ0n) is 13.2. The molecule has 0 spiro atoms. The van der Waals surface area contributed by atoms with Gasteiger partial charge in [-0.2, -0.15) is 5.26 Å². The van der Waals surface area contributed by atoms with Gasteiger partial charge in [0.2, 0.25) is 5.91 Å². The zero-order valence-corrected chi connectivity index (χ0v) is 13.2. The van der Waals surface area contributed by atoms with Gasteiger partial charge in [-0.25, -0.2) is 0 Å². The maximum absolute atomic E-state index is 12.2. The van der Waals surface area contributed by atoms with Crippen LogP contribution in [0.2, 0.25) is 0 Å². The molecule has 4 nitrogen and oxygen atoms in total. The largest absolute Gasteiger partial charge is 0.341 e. The Balaban J connectivity index is 1.57. The van der Waals surface area contributed by atoms with E-state index in [9.17, 15) is 4.79 Å². The summed E-state index contributed by atoms with van der Waals surface area (Å²) in [7, 11) is 1.97. The average molecular weight is 297 g/mol. The number of amides is 1. The van der Waals surface area contributed by atoms with Gasteiger partial charge in [-0.1, -0.05) is 12.1 Å². The molecule has 1 unspecified atom stereocenters. The standard InChI is InChI=1S/C18H23N3O/c1-20(18(22)16-8-9-16)17-3-2-10-21(13-17)12-15-6-4-14(11-19)5-7-15/h4-7,16-17H,2-3,8-10,12-13H2,1H3. The summed E-state index contributed by atoms with van der Waals surface area (Å²) >= 11 is 0. The number of likely N-dealkylation sites (N-methyl/N-ethyl adjacent to an activating group) is 1. The highest BCUT2D eigenvalue weighted by atomic mass is 16.2. The number of nitrogens with zero attached hydrogens (tertiary/aromatic N) is 3. The first-order valence-electron chi connectivity index (χ1n) is 8.15. The second-order valence-electron chi connectivity index (χ2n) is 6.56. The van der Waals surface area contributed by atoms with Gasteiger partial charge < -0.3 is 4.90 Å². The highest BCUT2D eigenvalue weighted by Gasteiger charge is 2.35. The third-order valence-electron chi connectivity index (χ3n) is 4.79. The lowest BCUT2D eigenvalue weighted by molar-refractivity contribution is -0.134. The summed E-state index contributed by atoms with van der Waals surface area (Å²) in [5.41, 5.74) is 1.94. The molecule has 1 atom stereocenters. The van der Waals surface area contributed by atoms with Gasteiger partial charge in [0.1, 0.15) is 0 Å². The van der Waals surface area contributed by atoms with Crippen LogP contribution in [-0.2, 0) is 11.3 Å². The monoisotopic (exact) mass is 297 g/mol. The van der Waals surface area contributed by atoms with Crippen molar-refractivity contribution in [2.45, 2.75) is 38.3 Å². The second-order valence-corrected chi connectivity index (χ2v) is 6.56. The van der Waals surface area contributed by atoms with Gasteiger partial charge in [-0.05, 0) is 49.9 Å². The summed E-state index contributed by atoms with van der Waals surface area (Å²) in [5, 5.41) is 8.85. The lowest BCUT2D eigenvalue weighted by Crippen LogP contribution is -2.48. The number of likely N-dealkylation sites (tertiary alicyclic amines) is 1. The van der Waals surface area contributed by atoms with Crippen molar-refractivity contribution >= 4 is 5.91 Å². The molecule has 1 heterocycles. The molecule has 4 heteroatoms. The molecule has 1 aromatic rings. The Morgan fingerprint density at radius 3 is 2.68 bits per heavy atom. The molecular weight excluding hydrogens is 274 g/mol. The molecular formula is C18H23N3O. The fourth-order valence-electron chi connectivity index (χ4n) is 3.23. The minimum atomic E-state index is 0.305. The number of benzene rings is 1. The molecule has 1 saturated carbocycles. The Morgan fingerprint density at radius 2 is 2.05 bits per heavy atom. The van der Waals surface area contributed by atoms with E-state index in [4.69, 9.17) is 5.26 Å². The van der Waals surface area contributed by atoms with E-state index < -0.39 is 0 Å². The molecule has 0 radical (unpaired) electrons. The Hall–Kier alpha value is -1.86. The highest BCUT2D eigenvalue weighted by molar-refractivity contribution is 5.81. The van der Waals surface area contributed by atoms with Crippen molar-refractivity contribution in [1.82, 2.24) is 9.80 Å². The van der Waals surface area contributed by atoms with Gasteiger partial charge in [0.15, 0.2) is 0 Å². The molecule has 0 bridgehead atoms. The van der Waals surface area contributed by atoms with E-state index >= 15 is 0 Å². The maximum Gasteiger partial charge on any atom is 0.225 e. The molecule has 2 fully saturated rings. The Bertz CT molecular complexity index is 571. The first-order chi connectivity index (χ1) is 10.7. The van der Waals surface area contributed by atoms with Gasteiger partial charge in [0, 0.05) is 32.1 Å². The molecule has 2 aliphatic rings. The van der Waals surface area contributed by atoms with Crippen LogP contribution >= 0.6 is 0 Å². The van der Waals surface area contributed by atoms with Gasteiger partial charge in [-0.3, -0.25) is 9.69 Å². The van der Waals surface area contributed by atoms with E-state index in [-0.39, 0.29) is 0 Å². The van der Waals surface area contributed by atoms with Crippen molar-refractivity contribution in [1.29, 1.82) is 5.26 Å². The number of carbonyl (C=O) groups excluding carboxylic acids is 1. The zero-order chi connectivity index (χ0) is 15.5. The third-order valence-corrected chi connectivity index (χ3v) is 4.79. The maximum atomic E-state index is 12.2. The van der Waals surface area contributed by atoms with Gasteiger partial charge >= 0.3 is 0 Å². The minimum Gasteiger partial charge on any atom is -0.341 e. The predicted molar refractivity (Wildman–Crippen MR) is 85.0 cm³/mol. The van der Waals surface area contributed by atoms with E-state index in [1.165, 1.54) is 5.56 Å². The van der Waals surface area contributed by atoms with Crippen molar-refractivity contribution in [2.24, 2.45) is 5.92 Å². The highest BCUT2D eigenvalue weighted by Crippen LogP contribution is 2.32. The molecule has 0 N–H and O–H groups in total. The number of nitriles is 1. The van der Waals surface area contributed by atoms with Crippen molar-refractivity contribution in [3.63, 3.8) is 0 Å². The summed E-state index contributed by atoms with van der Waals surface area (Å²) in [4.78, 5) is 16.6. The van der Waals surface area contributed by atoms with E-state index in [0.29, 0.717) is 23.4 Å². The lowest BCUT2D eigenvalue weighted by atomic mass is 10.0. The quantitative estimate of drug-likeness (QED) is 0.857. The van der Waals surface area contributed by atoms with Crippen molar-refractivity contribution in [2.75, 3.05) is 20.1 Å². The van der Waals surface area contributed by atoms with Crippen LogP contribution in [0.4, 0.5) is 0 Å². The molecule has 1 saturated heterocycles. The van der Waals surface area contributed by atoms with Crippen LogP contribution in [0.5, 0.6) is 0 Å². The molecule has 1 aliphatic heterocycles. The first kappa shape index (κ1) is 15.1. The summed E-state index contributed by atoms with van der Waals surface area (Å²) in [6.07, 6.45) is 4.40. The average Bonchev–Trinajstić information content (AvgIpc) is 3.39. The van der Waals surface area contributed by atoms with Crippen molar-refractivity contribution in [3.8, 4) is 6.07 Å². The molecule has 1 aromatic carbocycles. The molecule has 3 rings (SSSR count). The van der Waals surface area contributed by atoms with Gasteiger partial charge in [0.05, 0.1) is 11.6 Å². The SMILES string of the molecule is CN(C(=O)C1CC1)C1CCCN(Cc2ccc(C#N)cc2)C1. The summed E-state index contributed by atoms with van der Waals surface area (Å²) in [6, 6.07) is 10.3. The first-order valence-corrected chi connectivity index (χ1v) is 8.15. The number of hydrogen-bond acceptors (Lipinski definition) is 3. The summed E-state index contributed by atoms with van der Waals surface area (Å²) < 4.78 is 0. The molecule has 116 valence electrons. The van der Waals surface area contributed by atoms with E-state index in [2.05, 4.69) is 11.0 Å². The fourth-order valence-corrected chi connectivity index (χ4v) is 3.23. The summed E-state index contributed by atoms with van der Waals surface area (Å²) in [5.74, 6) is 0.643. The van der Waals surface area contributed by atoms with Crippen LogP contribution in [0.3, 0.4) is 0 Å². The van der Waals surface area contributed by atoms with Gasteiger partial charge in [0.25, 0.3) is 0 Å². The minimum absolute atomic E-state index is 0.305. The van der Waals surface area contributed by atoms with Crippen molar-refractivity contribution < 1.29 is 4.79 Å². The predicted octanol–water partition coefficient (Wildman–Crippen LogP) is 2.39. The summed E-state index contributed by atoms with van der Waals surface area (Å²) in [6.45, 7) is 2.94. The van der Waals surface area contributed by atoms with Crippen LogP contribution in [0.15, 0.2) is 24.3 Å². The number of rotatable bonds is 4. The van der Waals surface area contributed by atoms with Crippen LogP contribution in [0, 0.1) is 17.2 Å². The Labute approximate surface area is 132 Å². The second kappa shape index (κ2) is 6.50. The molecule has 22 heavy (non-hydrogen) atoms. The van der Waals surface area contributed by atoms with Gasteiger partial charge in [-0.15, -0.1) is 0 Å². The third kappa shape index (κ3) is 3.48. The molecule has 0 aromatic heterocycles. The Morgan fingerprint density at radius 1 is 1.32 bits per heavy atom. The lowest BCUT2D eigenvalue weighted by Gasteiger charge is -2.37. The number of hydrogen-bond donors (Lipinski definition) is 0. The fraction of sp³-hybridized carbons (Fsp3) is 0.556. The number of carbonyl (C=O) groups is 1.